The quantitative estimate of drug-likeness (QED) is 0.774. The summed E-state index contributed by atoms with van der Waals surface area (Å²) in [7, 11) is 0. The minimum atomic E-state index is -0.566. The highest BCUT2D eigenvalue weighted by Gasteiger charge is 2.22. The fourth-order valence-corrected chi connectivity index (χ4v) is 1.70. The van der Waals surface area contributed by atoms with Crippen LogP contribution in [0.25, 0.3) is 0 Å². The summed E-state index contributed by atoms with van der Waals surface area (Å²) in [5, 5.41) is 13.6. The number of benzene rings is 1. The van der Waals surface area contributed by atoms with Crippen LogP contribution in [-0.2, 0) is 0 Å². The second kappa shape index (κ2) is 6.02. The van der Waals surface area contributed by atoms with Crippen LogP contribution in [0.4, 0.5) is 0 Å². The summed E-state index contributed by atoms with van der Waals surface area (Å²) in [4.78, 5) is 0. The third-order valence-electron chi connectivity index (χ3n) is 3.35. The van der Waals surface area contributed by atoms with E-state index in [2.05, 4.69) is 24.4 Å². The molecule has 90 valence electrons. The van der Waals surface area contributed by atoms with Gasteiger partial charge >= 0.3 is 0 Å². The van der Waals surface area contributed by atoms with E-state index in [9.17, 15) is 5.11 Å². The van der Waals surface area contributed by atoms with Crippen LogP contribution in [0.15, 0.2) is 30.3 Å². The Labute approximate surface area is 98.7 Å². The largest absolute Gasteiger partial charge is 0.389 e. The van der Waals surface area contributed by atoms with Gasteiger partial charge in [-0.05, 0) is 25.3 Å². The molecule has 1 aromatic carbocycles. The first-order chi connectivity index (χ1) is 7.61. The predicted molar refractivity (Wildman–Crippen MR) is 68.4 cm³/mol. The lowest BCUT2D eigenvalue weighted by Crippen LogP contribution is -2.40. The summed E-state index contributed by atoms with van der Waals surface area (Å²) in [6, 6.07) is 10.6. The highest BCUT2D eigenvalue weighted by molar-refractivity contribution is 5.18. The van der Waals surface area contributed by atoms with E-state index in [0.717, 1.165) is 12.8 Å². The zero-order valence-electron chi connectivity index (χ0n) is 10.5. The molecule has 1 aromatic rings. The Hall–Kier alpha value is -0.860. The fraction of sp³-hybridized carbons (Fsp3) is 0.571. The van der Waals surface area contributed by atoms with Crippen LogP contribution in [0, 0.1) is 0 Å². The number of nitrogens with one attached hydrogen (secondary N) is 1. The number of rotatable bonds is 6. The fourth-order valence-electron chi connectivity index (χ4n) is 1.70. The third kappa shape index (κ3) is 3.62. The maximum atomic E-state index is 10.2. The van der Waals surface area contributed by atoms with Gasteiger partial charge in [0.2, 0.25) is 0 Å². The van der Waals surface area contributed by atoms with Gasteiger partial charge in [-0.2, -0.15) is 0 Å². The summed E-state index contributed by atoms with van der Waals surface area (Å²) in [5.74, 6) is 0. The normalized spacial score (nSPS) is 13.8. The van der Waals surface area contributed by atoms with Crippen molar-refractivity contribution >= 4 is 0 Å². The minimum absolute atomic E-state index is 0.283. The molecule has 0 heterocycles. The molecule has 0 aromatic heterocycles. The molecule has 2 heteroatoms. The molecule has 0 saturated carbocycles. The average molecular weight is 221 g/mol. The van der Waals surface area contributed by atoms with Crippen LogP contribution < -0.4 is 5.32 Å². The van der Waals surface area contributed by atoms with Gasteiger partial charge < -0.3 is 10.4 Å². The zero-order valence-corrected chi connectivity index (χ0v) is 10.5. The Morgan fingerprint density at radius 3 is 2.25 bits per heavy atom. The van der Waals surface area contributed by atoms with Crippen LogP contribution in [0.5, 0.6) is 0 Å². The van der Waals surface area contributed by atoms with Gasteiger partial charge in [0, 0.05) is 12.6 Å². The highest BCUT2D eigenvalue weighted by atomic mass is 16.3. The topological polar surface area (TPSA) is 32.3 Å². The Morgan fingerprint density at radius 1 is 1.19 bits per heavy atom. The number of hydrogen-bond acceptors (Lipinski definition) is 2. The van der Waals surface area contributed by atoms with Crippen LogP contribution in [-0.4, -0.2) is 17.3 Å². The van der Waals surface area contributed by atoms with Crippen LogP contribution in [0.2, 0.25) is 0 Å². The molecule has 16 heavy (non-hydrogen) atoms. The van der Waals surface area contributed by atoms with Gasteiger partial charge in [-0.3, -0.25) is 0 Å². The Balaban J connectivity index is 2.50. The van der Waals surface area contributed by atoms with Crippen molar-refractivity contribution in [3.05, 3.63) is 35.9 Å². The van der Waals surface area contributed by atoms with E-state index in [4.69, 9.17) is 0 Å². The van der Waals surface area contributed by atoms with E-state index < -0.39 is 5.60 Å². The summed E-state index contributed by atoms with van der Waals surface area (Å²) in [6.45, 7) is 6.83. The van der Waals surface area contributed by atoms with Gasteiger partial charge in [0.15, 0.2) is 0 Å². The maximum Gasteiger partial charge on any atom is 0.0766 e. The molecule has 0 amide bonds. The smallest absolute Gasteiger partial charge is 0.0766 e. The SMILES string of the molecule is CCC(O)(CC)CN[C@@H](C)c1ccccc1. The van der Waals surface area contributed by atoms with Crippen molar-refractivity contribution in [1.82, 2.24) is 5.32 Å². The van der Waals surface area contributed by atoms with Crippen molar-refractivity contribution in [2.75, 3.05) is 6.54 Å². The van der Waals surface area contributed by atoms with Gasteiger partial charge in [-0.1, -0.05) is 44.2 Å². The molecular formula is C14H23NO. The molecule has 2 nitrogen and oxygen atoms in total. The second-order valence-corrected chi connectivity index (χ2v) is 4.44. The molecule has 0 aliphatic rings. The van der Waals surface area contributed by atoms with Crippen LogP contribution in [0.1, 0.15) is 45.2 Å². The molecule has 1 atom stereocenters. The number of aliphatic hydroxyl groups is 1. The van der Waals surface area contributed by atoms with Gasteiger partial charge in [0.05, 0.1) is 5.60 Å². The summed E-state index contributed by atoms with van der Waals surface area (Å²) < 4.78 is 0. The molecule has 2 N–H and O–H groups in total. The van der Waals surface area contributed by atoms with E-state index in [-0.39, 0.29) is 6.04 Å². The standard InChI is InChI=1S/C14H23NO/c1-4-14(16,5-2)11-15-12(3)13-9-7-6-8-10-13/h6-10,12,15-16H,4-5,11H2,1-3H3/t12-/m0/s1. The Kier molecular flexibility index (Phi) is 4.97. The van der Waals surface area contributed by atoms with Crippen LogP contribution in [0.3, 0.4) is 0 Å². The lowest BCUT2D eigenvalue weighted by Gasteiger charge is -2.27. The summed E-state index contributed by atoms with van der Waals surface area (Å²) in [6.07, 6.45) is 1.58. The summed E-state index contributed by atoms with van der Waals surface area (Å²) in [5.41, 5.74) is 0.695. The van der Waals surface area contributed by atoms with Gasteiger partial charge in [-0.25, -0.2) is 0 Å². The molecule has 0 aliphatic carbocycles. The summed E-state index contributed by atoms with van der Waals surface area (Å²) >= 11 is 0. The molecular weight excluding hydrogens is 198 g/mol. The predicted octanol–water partition coefficient (Wildman–Crippen LogP) is 2.89. The molecule has 0 unspecified atom stereocenters. The van der Waals surface area contributed by atoms with Crippen molar-refractivity contribution < 1.29 is 5.11 Å². The molecule has 0 fully saturated rings. The molecule has 0 saturated heterocycles. The lowest BCUT2D eigenvalue weighted by molar-refractivity contribution is 0.0303. The highest BCUT2D eigenvalue weighted by Crippen LogP contribution is 2.16. The zero-order chi connectivity index (χ0) is 12.0. The van der Waals surface area contributed by atoms with Crippen molar-refractivity contribution in [3.63, 3.8) is 0 Å². The van der Waals surface area contributed by atoms with Crippen molar-refractivity contribution in [2.45, 2.75) is 45.3 Å². The van der Waals surface area contributed by atoms with Gasteiger partial charge in [-0.15, -0.1) is 0 Å². The van der Waals surface area contributed by atoms with Crippen molar-refractivity contribution in [2.24, 2.45) is 0 Å². The van der Waals surface area contributed by atoms with E-state index in [1.807, 2.05) is 32.0 Å². The second-order valence-electron chi connectivity index (χ2n) is 4.44. The lowest BCUT2D eigenvalue weighted by atomic mass is 9.97. The molecule has 0 aliphatic heterocycles. The van der Waals surface area contributed by atoms with Crippen LogP contribution >= 0.6 is 0 Å². The molecule has 0 bridgehead atoms. The van der Waals surface area contributed by atoms with Crippen molar-refractivity contribution in [1.29, 1.82) is 0 Å². The Morgan fingerprint density at radius 2 is 1.75 bits per heavy atom. The molecule has 0 spiro atoms. The van der Waals surface area contributed by atoms with E-state index >= 15 is 0 Å². The Bertz CT molecular complexity index is 293. The first-order valence-corrected chi connectivity index (χ1v) is 6.12. The first kappa shape index (κ1) is 13.2. The van der Waals surface area contributed by atoms with Crippen molar-refractivity contribution in [3.8, 4) is 0 Å². The molecule has 0 radical (unpaired) electrons. The average Bonchev–Trinajstić information content (AvgIpc) is 2.36. The van der Waals surface area contributed by atoms with E-state index in [1.54, 1.807) is 0 Å². The van der Waals surface area contributed by atoms with Gasteiger partial charge in [0.25, 0.3) is 0 Å². The minimum Gasteiger partial charge on any atom is -0.389 e. The maximum absolute atomic E-state index is 10.2. The van der Waals surface area contributed by atoms with Gasteiger partial charge in [0.1, 0.15) is 0 Å². The monoisotopic (exact) mass is 221 g/mol. The molecule has 1 rings (SSSR count). The first-order valence-electron chi connectivity index (χ1n) is 6.12. The van der Waals surface area contributed by atoms with E-state index in [1.165, 1.54) is 5.56 Å². The number of hydrogen-bond donors (Lipinski definition) is 2. The third-order valence-corrected chi connectivity index (χ3v) is 3.35. The van der Waals surface area contributed by atoms with E-state index in [0.29, 0.717) is 6.54 Å².